The van der Waals surface area contributed by atoms with Gasteiger partial charge in [0.1, 0.15) is 17.3 Å². The van der Waals surface area contributed by atoms with Gasteiger partial charge >= 0.3 is 11.9 Å². The quantitative estimate of drug-likeness (QED) is 0.419. The van der Waals surface area contributed by atoms with Crippen LogP contribution in [0, 0.1) is 5.82 Å². The number of carboxylic acid groups (broad SMARTS) is 2. The van der Waals surface area contributed by atoms with Crippen LogP contribution in [0.5, 0.6) is 11.5 Å². The zero-order valence-electron chi connectivity index (χ0n) is 16.0. The first-order valence-corrected chi connectivity index (χ1v) is 9.02. The number of hydrogen-bond donors (Lipinski definition) is 4. The topological polar surface area (TPSA) is 115 Å². The maximum Gasteiger partial charge on any atom is 0.335 e. The molecular formula is C24H17FO6. The predicted octanol–water partition coefficient (Wildman–Crippen LogP) is 4.97. The van der Waals surface area contributed by atoms with Crippen molar-refractivity contribution in [2.45, 2.75) is 0 Å². The molecule has 0 spiro atoms. The summed E-state index contributed by atoms with van der Waals surface area (Å²) in [7, 11) is 0. The van der Waals surface area contributed by atoms with E-state index in [9.17, 15) is 24.2 Å². The summed E-state index contributed by atoms with van der Waals surface area (Å²) in [6, 6.07) is 12.2. The minimum atomic E-state index is -1.19. The van der Waals surface area contributed by atoms with Crippen LogP contribution < -0.4 is 0 Å². The molecule has 0 saturated heterocycles. The average Bonchev–Trinajstić information content (AvgIpc) is 2.70. The van der Waals surface area contributed by atoms with Gasteiger partial charge in [0.25, 0.3) is 0 Å². The standard InChI is InChI=1S/C24H17FO6/c25-22-11-14(1-2-15-7-18(23(28)29)12-20(26)9-15)3-5-17(22)6-4-16-8-19(24(30)31)13-21(27)10-16/h1-13,26-27H,(H,28,29)(H,30,31)/b2-1+,6-4+. The minimum Gasteiger partial charge on any atom is -0.508 e. The van der Waals surface area contributed by atoms with Crippen LogP contribution in [-0.2, 0) is 0 Å². The van der Waals surface area contributed by atoms with E-state index in [-0.39, 0.29) is 28.2 Å². The van der Waals surface area contributed by atoms with E-state index in [4.69, 9.17) is 10.2 Å². The van der Waals surface area contributed by atoms with Gasteiger partial charge in [-0.3, -0.25) is 0 Å². The van der Waals surface area contributed by atoms with Crippen molar-refractivity contribution in [3.63, 3.8) is 0 Å². The lowest BCUT2D eigenvalue weighted by Gasteiger charge is -2.02. The Morgan fingerprint density at radius 2 is 1.13 bits per heavy atom. The molecule has 0 heterocycles. The van der Waals surface area contributed by atoms with Gasteiger partial charge in [0.05, 0.1) is 11.1 Å². The number of halogens is 1. The summed E-state index contributed by atoms with van der Waals surface area (Å²) in [6.45, 7) is 0. The number of aromatic carboxylic acids is 2. The Hall–Kier alpha value is -4.39. The molecule has 0 aliphatic carbocycles. The third-order valence-corrected chi connectivity index (χ3v) is 4.32. The van der Waals surface area contributed by atoms with Crippen LogP contribution in [-0.4, -0.2) is 32.4 Å². The molecule has 31 heavy (non-hydrogen) atoms. The highest BCUT2D eigenvalue weighted by Gasteiger charge is 2.07. The van der Waals surface area contributed by atoms with Crippen molar-refractivity contribution < 1.29 is 34.4 Å². The molecule has 3 aromatic rings. The van der Waals surface area contributed by atoms with E-state index in [0.29, 0.717) is 16.7 Å². The van der Waals surface area contributed by atoms with E-state index < -0.39 is 17.8 Å². The highest BCUT2D eigenvalue weighted by Crippen LogP contribution is 2.21. The number of benzene rings is 3. The summed E-state index contributed by atoms with van der Waals surface area (Å²) in [4.78, 5) is 22.1. The zero-order chi connectivity index (χ0) is 22.5. The third-order valence-electron chi connectivity index (χ3n) is 4.32. The van der Waals surface area contributed by atoms with Gasteiger partial charge in [-0.05, 0) is 59.2 Å². The van der Waals surface area contributed by atoms with Gasteiger partial charge in [0.2, 0.25) is 0 Å². The molecule has 0 aromatic heterocycles. The second-order valence-electron chi connectivity index (χ2n) is 6.68. The highest BCUT2D eigenvalue weighted by atomic mass is 19.1. The Labute approximate surface area is 176 Å². The van der Waals surface area contributed by atoms with E-state index in [1.54, 1.807) is 18.2 Å². The summed E-state index contributed by atoms with van der Waals surface area (Å²) in [6.07, 6.45) is 6.07. The predicted molar refractivity (Wildman–Crippen MR) is 114 cm³/mol. The average molecular weight is 420 g/mol. The summed E-state index contributed by atoms with van der Waals surface area (Å²) in [5, 5.41) is 37.3. The van der Waals surface area contributed by atoms with E-state index in [0.717, 1.165) is 12.1 Å². The number of carbonyl (C=O) groups is 2. The highest BCUT2D eigenvalue weighted by molar-refractivity contribution is 5.90. The van der Waals surface area contributed by atoms with E-state index in [1.807, 2.05) is 0 Å². The molecule has 0 radical (unpaired) electrons. The molecule has 0 unspecified atom stereocenters. The Morgan fingerprint density at radius 3 is 1.61 bits per heavy atom. The Balaban J connectivity index is 1.81. The largest absolute Gasteiger partial charge is 0.508 e. The molecular weight excluding hydrogens is 403 g/mol. The lowest BCUT2D eigenvalue weighted by atomic mass is 10.1. The maximum atomic E-state index is 14.5. The zero-order valence-corrected chi connectivity index (χ0v) is 16.0. The molecule has 7 heteroatoms. The van der Waals surface area contributed by atoms with Crippen LogP contribution >= 0.6 is 0 Å². The van der Waals surface area contributed by atoms with Gasteiger partial charge in [-0.25, -0.2) is 14.0 Å². The van der Waals surface area contributed by atoms with Gasteiger partial charge in [-0.15, -0.1) is 0 Å². The lowest BCUT2D eigenvalue weighted by molar-refractivity contribution is 0.0685. The minimum absolute atomic E-state index is 0.0654. The summed E-state index contributed by atoms with van der Waals surface area (Å²) >= 11 is 0. The first-order valence-electron chi connectivity index (χ1n) is 9.02. The first-order chi connectivity index (χ1) is 14.7. The fraction of sp³-hybridized carbons (Fsp3) is 0. The number of phenols is 2. The number of phenolic OH excluding ortho intramolecular Hbond substituents is 2. The fourth-order valence-electron chi connectivity index (χ4n) is 2.87. The van der Waals surface area contributed by atoms with Crippen LogP contribution in [0.2, 0.25) is 0 Å². The molecule has 4 N–H and O–H groups in total. The first kappa shape index (κ1) is 21.3. The van der Waals surface area contributed by atoms with E-state index in [2.05, 4.69) is 0 Å². The molecule has 0 aliphatic heterocycles. The van der Waals surface area contributed by atoms with E-state index >= 15 is 0 Å². The van der Waals surface area contributed by atoms with Crippen LogP contribution in [0.25, 0.3) is 24.3 Å². The number of aromatic hydroxyl groups is 2. The van der Waals surface area contributed by atoms with Crippen molar-refractivity contribution in [3.8, 4) is 11.5 Å². The summed E-state index contributed by atoms with van der Waals surface area (Å²) in [5.74, 6) is -3.29. The second kappa shape index (κ2) is 8.96. The molecule has 156 valence electrons. The van der Waals surface area contributed by atoms with Crippen molar-refractivity contribution >= 4 is 36.2 Å². The molecule has 0 bridgehead atoms. The SMILES string of the molecule is O=C(O)c1cc(O)cc(/C=C/c2ccc(/C=C/c3cc(O)cc(C(=O)O)c3)c(F)c2)c1. The van der Waals surface area contributed by atoms with Gasteiger partial charge in [-0.1, -0.05) is 36.4 Å². The molecule has 0 amide bonds. The van der Waals surface area contributed by atoms with Crippen LogP contribution in [0.4, 0.5) is 4.39 Å². The number of carboxylic acids is 2. The Bertz CT molecular complexity index is 1230. The smallest absolute Gasteiger partial charge is 0.335 e. The third kappa shape index (κ3) is 5.57. The van der Waals surface area contributed by atoms with Gasteiger partial charge in [0, 0.05) is 5.56 Å². The molecule has 0 aliphatic rings. The van der Waals surface area contributed by atoms with Crippen molar-refractivity contribution in [2.75, 3.05) is 0 Å². The van der Waals surface area contributed by atoms with Gasteiger partial charge in [0.15, 0.2) is 0 Å². The molecule has 0 atom stereocenters. The van der Waals surface area contributed by atoms with Crippen LogP contribution in [0.1, 0.15) is 43.0 Å². The van der Waals surface area contributed by atoms with Crippen molar-refractivity contribution in [2.24, 2.45) is 0 Å². The lowest BCUT2D eigenvalue weighted by Crippen LogP contribution is -1.96. The molecule has 3 aromatic carbocycles. The summed E-state index contributed by atoms with van der Waals surface area (Å²) < 4.78 is 14.5. The molecule has 6 nitrogen and oxygen atoms in total. The Kier molecular flexibility index (Phi) is 6.16. The fourth-order valence-corrected chi connectivity index (χ4v) is 2.87. The van der Waals surface area contributed by atoms with E-state index in [1.165, 1.54) is 48.6 Å². The maximum absolute atomic E-state index is 14.5. The van der Waals surface area contributed by atoms with Crippen molar-refractivity contribution in [1.29, 1.82) is 0 Å². The van der Waals surface area contributed by atoms with Gasteiger partial charge < -0.3 is 20.4 Å². The van der Waals surface area contributed by atoms with Crippen molar-refractivity contribution in [1.82, 2.24) is 0 Å². The number of rotatable bonds is 6. The molecule has 3 rings (SSSR count). The molecule has 0 saturated carbocycles. The van der Waals surface area contributed by atoms with Crippen LogP contribution in [0.15, 0.2) is 54.6 Å². The normalized spacial score (nSPS) is 11.3. The van der Waals surface area contributed by atoms with Gasteiger partial charge in [-0.2, -0.15) is 0 Å². The monoisotopic (exact) mass is 420 g/mol. The Morgan fingerprint density at radius 1 is 0.645 bits per heavy atom. The summed E-state index contributed by atoms with van der Waals surface area (Å²) in [5.41, 5.74) is 1.46. The van der Waals surface area contributed by atoms with Crippen LogP contribution in [0.3, 0.4) is 0 Å². The second-order valence-corrected chi connectivity index (χ2v) is 6.68. The molecule has 0 fully saturated rings. The van der Waals surface area contributed by atoms with Crippen molar-refractivity contribution in [3.05, 3.63) is 93.8 Å². The number of hydrogen-bond acceptors (Lipinski definition) is 4.